The molecule has 1 spiro atoms. The van der Waals surface area contributed by atoms with Crippen LogP contribution in [0.25, 0.3) is 0 Å². The van der Waals surface area contributed by atoms with Crippen molar-refractivity contribution in [2.24, 2.45) is 5.41 Å². The zero-order valence-corrected chi connectivity index (χ0v) is 14.8. The lowest BCUT2D eigenvalue weighted by molar-refractivity contribution is -0.140. The Morgan fingerprint density at radius 2 is 2.08 bits per heavy atom. The fraction of sp³-hybridized carbons (Fsp3) is 0.632. The predicted octanol–water partition coefficient (Wildman–Crippen LogP) is 2.82. The van der Waals surface area contributed by atoms with Gasteiger partial charge in [0.15, 0.2) is 11.6 Å². The average Bonchev–Trinajstić information content (AvgIpc) is 2.60. The Balaban J connectivity index is 1.67. The Labute approximate surface area is 147 Å². The molecule has 0 aliphatic carbocycles. The largest absolute Gasteiger partial charge is 0.383 e. The summed E-state index contributed by atoms with van der Waals surface area (Å²) in [6, 6.07) is 4.35. The molecule has 3 rings (SSSR count). The minimum absolute atomic E-state index is 0.0592. The number of methoxy groups -OCH3 is 1. The van der Waals surface area contributed by atoms with Gasteiger partial charge >= 0.3 is 0 Å². The third-order valence-electron chi connectivity index (χ3n) is 5.48. The molecule has 0 bridgehead atoms. The van der Waals surface area contributed by atoms with Crippen molar-refractivity contribution in [2.45, 2.75) is 32.2 Å². The molecule has 2 aliphatic heterocycles. The summed E-state index contributed by atoms with van der Waals surface area (Å²) in [5, 5.41) is 0. The van der Waals surface area contributed by atoms with Gasteiger partial charge in [-0.3, -0.25) is 9.69 Å². The van der Waals surface area contributed by atoms with Gasteiger partial charge in [-0.15, -0.1) is 0 Å². The summed E-state index contributed by atoms with van der Waals surface area (Å²) in [5.41, 5.74) is 0.462. The molecule has 6 heteroatoms. The highest BCUT2D eigenvalue weighted by Crippen LogP contribution is 2.39. The van der Waals surface area contributed by atoms with Crippen LogP contribution in [-0.4, -0.2) is 55.6 Å². The molecule has 2 fully saturated rings. The van der Waals surface area contributed by atoms with Gasteiger partial charge in [0.25, 0.3) is 0 Å². The molecule has 1 aromatic rings. The first kappa shape index (κ1) is 18.3. The molecule has 1 unspecified atom stereocenters. The summed E-state index contributed by atoms with van der Waals surface area (Å²) >= 11 is 0. The van der Waals surface area contributed by atoms with Crippen LogP contribution in [0.5, 0.6) is 0 Å². The lowest BCUT2D eigenvalue weighted by Gasteiger charge is -2.48. The molecule has 0 aromatic heterocycles. The normalized spacial score (nSPS) is 24.9. The van der Waals surface area contributed by atoms with Crippen LogP contribution in [0.15, 0.2) is 18.2 Å². The molecule has 2 heterocycles. The zero-order chi connectivity index (χ0) is 17.9. The van der Waals surface area contributed by atoms with Gasteiger partial charge in [0.1, 0.15) is 0 Å². The van der Waals surface area contributed by atoms with Crippen molar-refractivity contribution in [3.63, 3.8) is 0 Å². The fourth-order valence-corrected chi connectivity index (χ4v) is 4.20. The first-order valence-electron chi connectivity index (χ1n) is 8.95. The van der Waals surface area contributed by atoms with Crippen LogP contribution in [0.1, 0.15) is 31.2 Å². The number of halogens is 2. The quantitative estimate of drug-likeness (QED) is 0.817. The summed E-state index contributed by atoms with van der Waals surface area (Å²) in [7, 11) is 1.64. The number of benzene rings is 1. The van der Waals surface area contributed by atoms with Gasteiger partial charge in [0.2, 0.25) is 5.91 Å². The van der Waals surface area contributed by atoms with Crippen molar-refractivity contribution in [2.75, 3.05) is 39.9 Å². The van der Waals surface area contributed by atoms with Gasteiger partial charge in [0, 0.05) is 50.7 Å². The van der Waals surface area contributed by atoms with E-state index in [-0.39, 0.29) is 11.3 Å². The van der Waals surface area contributed by atoms with Crippen LogP contribution in [0.4, 0.5) is 8.78 Å². The van der Waals surface area contributed by atoms with Crippen LogP contribution in [0.3, 0.4) is 0 Å². The molecule has 2 saturated heterocycles. The predicted molar refractivity (Wildman–Crippen MR) is 91.0 cm³/mol. The van der Waals surface area contributed by atoms with Gasteiger partial charge in [-0.25, -0.2) is 8.78 Å². The van der Waals surface area contributed by atoms with Crippen molar-refractivity contribution < 1.29 is 18.3 Å². The second kappa shape index (κ2) is 7.79. The number of piperidine rings is 2. The Bertz CT molecular complexity index is 625. The number of rotatable bonds is 5. The number of ether oxygens (including phenoxy) is 1. The Morgan fingerprint density at radius 1 is 1.24 bits per heavy atom. The fourth-order valence-electron chi connectivity index (χ4n) is 4.20. The van der Waals surface area contributed by atoms with E-state index in [2.05, 4.69) is 4.90 Å². The van der Waals surface area contributed by atoms with Gasteiger partial charge in [-0.05, 0) is 31.9 Å². The number of nitrogens with zero attached hydrogens (tertiary/aromatic N) is 2. The second-order valence-electron chi connectivity index (χ2n) is 7.34. The Morgan fingerprint density at radius 3 is 2.88 bits per heavy atom. The SMILES string of the molecule is COCCN1CC2(CCCN(Cc3cccc(F)c3F)C2)CCC1=O. The number of amides is 1. The molecule has 25 heavy (non-hydrogen) atoms. The van der Waals surface area contributed by atoms with Crippen LogP contribution in [0.2, 0.25) is 0 Å². The molecule has 1 atom stereocenters. The van der Waals surface area contributed by atoms with E-state index in [1.807, 2.05) is 4.90 Å². The van der Waals surface area contributed by atoms with Crippen LogP contribution in [-0.2, 0) is 16.1 Å². The third-order valence-corrected chi connectivity index (χ3v) is 5.48. The first-order chi connectivity index (χ1) is 12.0. The number of carbonyl (C=O) groups excluding carboxylic acids is 1. The molecular weight excluding hydrogens is 326 g/mol. The number of hydrogen-bond acceptors (Lipinski definition) is 3. The van der Waals surface area contributed by atoms with E-state index in [1.165, 1.54) is 0 Å². The monoisotopic (exact) mass is 352 g/mol. The van der Waals surface area contributed by atoms with Crippen LogP contribution < -0.4 is 0 Å². The summed E-state index contributed by atoms with van der Waals surface area (Å²) < 4.78 is 32.5. The van der Waals surface area contributed by atoms with E-state index in [0.717, 1.165) is 45.0 Å². The third kappa shape index (κ3) is 4.18. The molecule has 138 valence electrons. The summed E-state index contributed by atoms with van der Waals surface area (Å²) in [6.45, 7) is 4.01. The van der Waals surface area contributed by atoms with E-state index in [4.69, 9.17) is 4.74 Å². The van der Waals surface area contributed by atoms with Crippen molar-refractivity contribution in [1.29, 1.82) is 0 Å². The number of hydrogen-bond donors (Lipinski definition) is 0. The van der Waals surface area contributed by atoms with Crippen molar-refractivity contribution in [1.82, 2.24) is 9.80 Å². The molecule has 0 saturated carbocycles. The molecule has 1 amide bonds. The lowest BCUT2D eigenvalue weighted by Crippen LogP contribution is -2.54. The maximum Gasteiger partial charge on any atom is 0.222 e. The van der Waals surface area contributed by atoms with Crippen molar-refractivity contribution in [3.05, 3.63) is 35.4 Å². The van der Waals surface area contributed by atoms with Gasteiger partial charge in [-0.1, -0.05) is 12.1 Å². The maximum absolute atomic E-state index is 14.0. The van der Waals surface area contributed by atoms with Crippen molar-refractivity contribution >= 4 is 5.91 Å². The van der Waals surface area contributed by atoms with Crippen molar-refractivity contribution in [3.8, 4) is 0 Å². The smallest absolute Gasteiger partial charge is 0.222 e. The van der Waals surface area contributed by atoms with E-state index in [0.29, 0.717) is 31.7 Å². The average molecular weight is 352 g/mol. The van der Waals surface area contributed by atoms with E-state index < -0.39 is 11.6 Å². The number of carbonyl (C=O) groups is 1. The lowest BCUT2D eigenvalue weighted by atomic mass is 9.73. The highest BCUT2D eigenvalue weighted by molar-refractivity contribution is 5.77. The minimum Gasteiger partial charge on any atom is -0.383 e. The van der Waals surface area contributed by atoms with Crippen LogP contribution in [0, 0.1) is 17.0 Å². The molecule has 2 aliphatic rings. The summed E-state index contributed by atoms with van der Waals surface area (Å²) in [4.78, 5) is 16.2. The summed E-state index contributed by atoms with van der Waals surface area (Å²) in [5.74, 6) is -1.35. The molecule has 0 radical (unpaired) electrons. The second-order valence-corrected chi connectivity index (χ2v) is 7.34. The highest BCUT2D eigenvalue weighted by atomic mass is 19.2. The van der Waals surface area contributed by atoms with E-state index in [9.17, 15) is 13.6 Å². The molecule has 4 nitrogen and oxygen atoms in total. The van der Waals surface area contributed by atoms with Gasteiger partial charge < -0.3 is 9.64 Å². The Hall–Kier alpha value is -1.53. The zero-order valence-electron chi connectivity index (χ0n) is 14.8. The maximum atomic E-state index is 14.0. The topological polar surface area (TPSA) is 32.8 Å². The minimum atomic E-state index is -0.793. The first-order valence-corrected chi connectivity index (χ1v) is 8.95. The summed E-state index contributed by atoms with van der Waals surface area (Å²) in [6.07, 6.45) is 3.53. The van der Waals surface area contributed by atoms with Crippen LogP contribution >= 0.6 is 0 Å². The van der Waals surface area contributed by atoms with E-state index in [1.54, 1.807) is 19.2 Å². The highest BCUT2D eigenvalue weighted by Gasteiger charge is 2.41. The molecule has 0 N–H and O–H groups in total. The molecular formula is C19H26F2N2O2. The Kier molecular flexibility index (Phi) is 5.69. The van der Waals surface area contributed by atoms with E-state index >= 15 is 0 Å². The van der Waals surface area contributed by atoms with Gasteiger partial charge in [-0.2, -0.15) is 0 Å². The molecule has 1 aromatic carbocycles. The van der Waals surface area contributed by atoms with Gasteiger partial charge in [0.05, 0.1) is 6.61 Å². The number of likely N-dealkylation sites (tertiary alicyclic amines) is 2. The standard InChI is InChI=1S/C19H26F2N2O2/c1-25-11-10-23-14-19(8-6-17(23)24)7-3-9-22(13-19)12-15-4-2-5-16(20)18(15)21/h2,4-5H,3,6-14H2,1H3.